The van der Waals surface area contributed by atoms with Crippen LogP contribution in [0.4, 0.5) is 13.2 Å². The SMILES string of the molecule is CCCN1CCc2[nH]c3ccc(OC(F)(F)F)cc3c2C1. The summed E-state index contributed by atoms with van der Waals surface area (Å²) < 4.78 is 41.0. The number of aromatic nitrogens is 1. The molecule has 0 unspecified atom stereocenters. The number of hydrogen-bond acceptors (Lipinski definition) is 2. The van der Waals surface area contributed by atoms with E-state index in [0.717, 1.165) is 54.6 Å². The Kier molecular flexibility index (Phi) is 3.57. The van der Waals surface area contributed by atoms with E-state index in [-0.39, 0.29) is 5.75 Å². The molecule has 3 rings (SSSR count). The third kappa shape index (κ3) is 3.00. The molecule has 0 aliphatic carbocycles. The van der Waals surface area contributed by atoms with Crippen molar-refractivity contribution < 1.29 is 17.9 Å². The molecule has 6 heteroatoms. The van der Waals surface area contributed by atoms with E-state index in [1.54, 1.807) is 6.07 Å². The molecule has 1 aliphatic rings. The van der Waals surface area contributed by atoms with Gasteiger partial charge in [-0.15, -0.1) is 13.2 Å². The number of rotatable bonds is 3. The van der Waals surface area contributed by atoms with Crippen molar-refractivity contribution in [2.75, 3.05) is 13.1 Å². The van der Waals surface area contributed by atoms with Gasteiger partial charge in [0.05, 0.1) is 0 Å². The molecule has 2 heterocycles. The number of H-pyrrole nitrogens is 1. The zero-order valence-electron chi connectivity index (χ0n) is 11.8. The maximum atomic E-state index is 12.3. The van der Waals surface area contributed by atoms with E-state index in [0.29, 0.717) is 0 Å². The Bertz CT molecular complexity index is 648. The number of halogens is 3. The molecule has 0 radical (unpaired) electrons. The molecule has 0 saturated heterocycles. The van der Waals surface area contributed by atoms with Gasteiger partial charge in [-0.3, -0.25) is 4.90 Å². The van der Waals surface area contributed by atoms with Gasteiger partial charge in [0.25, 0.3) is 0 Å². The first-order chi connectivity index (χ1) is 9.96. The Balaban J connectivity index is 1.95. The molecule has 0 fully saturated rings. The first-order valence-corrected chi connectivity index (χ1v) is 7.08. The lowest BCUT2D eigenvalue weighted by Gasteiger charge is -2.26. The van der Waals surface area contributed by atoms with Gasteiger partial charge in [0.15, 0.2) is 0 Å². The second-order valence-corrected chi connectivity index (χ2v) is 5.36. The van der Waals surface area contributed by atoms with E-state index in [4.69, 9.17) is 0 Å². The van der Waals surface area contributed by atoms with Crippen LogP contribution in [0.5, 0.6) is 5.75 Å². The van der Waals surface area contributed by atoms with E-state index in [2.05, 4.69) is 21.5 Å². The minimum atomic E-state index is -4.65. The Hall–Kier alpha value is -1.69. The monoisotopic (exact) mass is 298 g/mol. The zero-order valence-corrected chi connectivity index (χ0v) is 11.8. The predicted octanol–water partition coefficient (Wildman–Crippen LogP) is 3.83. The maximum absolute atomic E-state index is 12.3. The van der Waals surface area contributed by atoms with Crippen LogP contribution < -0.4 is 4.74 Å². The number of nitrogens with zero attached hydrogens (tertiary/aromatic N) is 1. The molecule has 1 aromatic carbocycles. The standard InChI is InChI=1S/C15H17F3N2O/c1-2-6-20-7-5-14-12(9-20)11-8-10(21-15(16,17)18)3-4-13(11)19-14/h3-4,8,19H,2,5-7,9H2,1H3. The van der Waals surface area contributed by atoms with Crippen LogP contribution in [0.2, 0.25) is 0 Å². The molecule has 1 aliphatic heterocycles. The Labute approximate surface area is 120 Å². The lowest BCUT2D eigenvalue weighted by molar-refractivity contribution is -0.274. The van der Waals surface area contributed by atoms with E-state index in [1.807, 2.05) is 0 Å². The summed E-state index contributed by atoms with van der Waals surface area (Å²) in [6.07, 6.45) is -2.68. The Morgan fingerprint density at radius 1 is 1.33 bits per heavy atom. The third-order valence-electron chi connectivity index (χ3n) is 3.80. The molecule has 0 saturated carbocycles. The van der Waals surface area contributed by atoms with Gasteiger partial charge in [0, 0.05) is 36.1 Å². The average Bonchev–Trinajstić information content (AvgIpc) is 2.75. The average molecular weight is 298 g/mol. The van der Waals surface area contributed by atoms with E-state index >= 15 is 0 Å². The highest BCUT2D eigenvalue weighted by Gasteiger charge is 2.31. The highest BCUT2D eigenvalue weighted by atomic mass is 19.4. The molecular formula is C15H17F3N2O. The molecule has 1 N–H and O–H groups in total. The van der Waals surface area contributed by atoms with Crippen molar-refractivity contribution in [3.05, 3.63) is 29.5 Å². The summed E-state index contributed by atoms with van der Waals surface area (Å²) in [4.78, 5) is 5.63. The fourth-order valence-electron chi connectivity index (χ4n) is 2.95. The van der Waals surface area contributed by atoms with Crippen LogP contribution in [0, 0.1) is 0 Å². The molecular weight excluding hydrogens is 281 g/mol. The minimum absolute atomic E-state index is 0.163. The number of benzene rings is 1. The third-order valence-corrected chi connectivity index (χ3v) is 3.80. The van der Waals surface area contributed by atoms with Gasteiger partial charge in [0.1, 0.15) is 5.75 Å². The van der Waals surface area contributed by atoms with Gasteiger partial charge in [-0.25, -0.2) is 0 Å². The molecule has 3 nitrogen and oxygen atoms in total. The fraction of sp³-hybridized carbons (Fsp3) is 0.467. The van der Waals surface area contributed by atoms with Crippen molar-refractivity contribution in [1.29, 1.82) is 0 Å². The highest BCUT2D eigenvalue weighted by molar-refractivity contribution is 5.86. The van der Waals surface area contributed by atoms with Crippen LogP contribution in [0.3, 0.4) is 0 Å². The van der Waals surface area contributed by atoms with Crippen LogP contribution in [-0.4, -0.2) is 29.3 Å². The summed E-state index contributed by atoms with van der Waals surface area (Å²) in [5, 5.41) is 0.826. The molecule has 0 spiro atoms. The van der Waals surface area contributed by atoms with Crippen LogP contribution in [0.1, 0.15) is 24.6 Å². The molecule has 0 bridgehead atoms. The fourth-order valence-corrected chi connectivity index (χ4v) is 2.95. The number of alkyl halides is 3. The summed E-state index contributed by atoms with van der Waals surface area (Å²) in [5.74, 6) is -0.163. The lowest BCUT2D eigenvalue weighted by atomic mass is 10.0. The molecule has 1 aromatic heterocycles. The second kappa shape index (κ2) is 5.26. The number of fused-ring (bicyclic) bond motifs is 3. The van der Waals surface area contributed by atoms with Gasteiger partial charge >= 0.3 is 6.36 Å². The smallest absolute Gasteiger partial charge is 0.406 e. The first kappa shape index (κ1) is 14.3. The number of aromatic amines is 1. The molecule has 0 amide bonds. The van der Waals surface area contributed by atoms with Gasteiger partial charge in [-0.1, -0.05) is 6.92 Å². The summed E-state index contributed by atoms with van der Waals surface area (Å²) in [6.45, 7) is 4.89. The maximum Gasteiger partial charge on any atom is 0.573 e. The second-order valence-electron chi connectivity index (χ2n) is 5.36. The van der Waals surface area contributed by atoms with E-state index < -0.39 is 6.36 Å². The predicted molar refractivity (Wildman–Crippen MR) is 74.3 cm³/mol. The topological polar surface area (TPSA) is 28.3 Å². The largest absolute Gasteiger partial charge is 0.573 e. The highest BCUT2D eigenvalue weighted by Crippen LogP contribution is 2.32. The van der Waals surface area contributed by atoms with E-state index in [9.17, 15) is 13.2 Å². The first-order valence-electron chi connectivity index (χ1n) is 7.08. The molecule has 114 valence electrons. The Morgan fingerprint density at radius 3 is 2.86 bits per heavy atom. The van der Waals surface area contributed by atoms with Crippen LogP contribution in [0.15, 0.2) is 18.2 Å². The summed E-state index contributed by atoms with van der Waals surface area (Å²) in [5.41, 5.74) is 3.09. The molecule has 21 heavy (non-hydrogen) atoms. The van der Waals surface area contributed by atoms with Gasteiger partial charge in [-0.05, 0) is 36.7 Å². The number of hydrogen-bond donors (Lipinski definition) is 1. The van der Waals surface area contributed by atoms with Crippen LogP contribution in [0.25, 0.3) is 10.9 Å². The summed E-state index contributed by atoms with van der Waals surface area (Å²) in [7, 11) is 0. The zero-order chi connectivity index (χ0) is 15.0. The van der Waals surface area contributed by atoms with E-state index in [1.165, 1.54) is 12.1 Å². The van der Waals surface area contributed by atoms with Crippen molar-refractivity contribution in [1.82, 2.24) is 9.88 Å². The van der Waals surface area contributed by atoms with Crippen molar-refractivity contribution in [3.63, 3.8) is 0 Å². The van der Waals surface area contributed by atoms with Crippen LogP contribution >= 0.6 is 0 Å². The number of nitrogens with one attached hydrogen (secondary N) is 1. The normalized spacial score (nSPS) is 16.2. The van der Waals surface area contributed by atoms with Gasteiger partial charge in [-0.2, -0.15) is 0 Å². The molecule has 0 atom stereocenters. The summed E-state index contributed by atoms with van der Waals surface area (Å²) >= 11 is 0. The van der Waals surface area contributed by atoms with Crippen molar-refractivity contribution >= 4 is 10.9 Å². The van der Waals surface area contributed by atoms with Crippen LogP contribution in [-0.2, 0) is 13.0 Å². The summed E-state index contributed by atoms with van der Waals surface area (Å²) in [6, 6.07) is 4.48. The molecule has 2 aromatic rings. The number of ether oxygens (including phenoxy) is 1. The van der Waals surface area contributed by atoms with Crippen molar-refractivity contribution in [2.45, 2.75) is 32.7 Å². The van der Waals surface area contributed by atoms with Gasteiger partial charge in [0.2, 0.25) is 0 Å². The quantitative estimate of drug-likeness (QED) is 0.932. The van der Waals surface area contributed by atoms with Gasteiger partial charge < -0.3 is 9.72 Å². The lowest BCUT2D eigenvalue weighted by Crippen LogP contribution is -2.30. The minimum Gasteiger partial charge on any atom is -0.406 e. The van der Waals surface area contributed by atoms with Crippen molar-refractivity contribution in [3.8, 4) is 5.75 Å². The Morgan fingerprint density at radius 2 is 2.14 bits per heavy atom. The van der Waals surface area contributed by atoms with Crippen molar-refractivity contribution in [2.24, 2.45) is 0 Å².